The second kappa shape index (κ2) is 9.92. The maximum atomic E-state index is 13.4. The Morgan fingerprint density at radius 2 is 1.97 bits per heavy atom. The van der Waals surface area contributed by atoms with Crippen LogP contribution in [-0.4, -0.2) is 51.6 Å². The zero-order valence-electron chi connectivity index (χ0n) is 19.8. The minimum atomic E-state index is -0.850. The number of halogens is 1. The molecule has 10 nitrogen and oxygen atoms in total. The van der Waals surface area contributed by atoms with Gasteiger partial charge in [-0.2, -0.15) is 4.68 Å². The Kier molecular flexibility index (Phi) is 6.30. The van der Waals surface area contributed by atoms with Gasteiger partial charge in [-0.3, -0.25) is 9.59 Å². The Morgan fingerprint density at radius 3 is 2.74 bits per heavy atom. The molecule has 0 radical (unpaired) electrons. The lowest BCUT2D eigenvalue weighted by Crippen LogP contribution is -2.23. The lowest BCUT2D eigenvalue weighted by atomic mass is 10.0. The molecule has 0 amide bonds. The van der Waals surface area contributed by atoms with E-state index in [0.29, 0.717) is 5.02 Å². The number of hydrogen-bond donors (Lipinski definition) is 2. The van der Waals surface area contributed by atoms with E-state index in [9.17, 15) is 9.59 Å². The van der Waals surface area contributed by atoms with Gasteiger partial charge in [0, 0.05) is 27.2 Å². The maximum absolute atomic E-state index is 13.4. The Hall–Kier alpha value is -4.22. The predicted octanol–water partition coefficient (Wildman–Crippen LogP) is 4.25. The van der Waals surface area contributed by atoms with Gasteiger partial charge >= 0.3 is 5.97 Å². The Labute approximate surface area is 225 Å². The second-order valence-corrected chi connectivity index (χ2v) is 10.3. The number of aliphatic carboxylic acids is 1. The molecule has 0 spiro atoms. The van der Waals surface area contributed by atoms with Gasteiger partial charge in [0.1, 0.15) is 12.2 Å². The number of nitrogens with zero attached hydrogens (tertiary/aromatic N) is 6. The van der Waals surface area contributed by atoms with E-state index >= 15 is 0 Å². The zero-order valence-corrected chi connectivity index (χ0v) is 21.4. The van der Waals surface area contributed by atoms with E-state index in [4.69, 9.17) is 16.7 Å². The molecule has 1 atom stereocenters. The molecule has 190 valence electrons. The fraction of sp³-hybridized carbons (Fsp3) is 0.154. The van der Waals surface area contributed by atoms with Crippen LogP contribution in [-0.2, 0) is 11.2 Å². The lowest BCUT2D eigenvalue weighted by Gasteiger charge is -2.15. The van der Waals surface area contributed by atoms with Gasteiger partial charge in [0.15, 0.2) is 0 Å². The summed E-state index contributed by atoms with van der Waals surface area (Å²) >= 11 is 7.57. The van der Waals surface area contributed by atoms with Gasteiger partial charge in [0.05, 0.1) is 29.4 Å². The molecule has 12 heteroatoms. The molecular weight excluding hydrogens is 526 g/mol. The predicted molar refractivity (Wildman–Crippen MR) is 143 cm³/mol. The second-order valence-electron chi connectivity index (χ2n) is 8.80. The molecule has 38 heavy (non-hydrogen) atoms. The van der Waals surface area contributed by atoms with Crippen LogP contribution in [0.15, 0.2) is 76.8 Å². The number of imidazole rings is 1. The highest BCUT2D eigenvalue weighted by atomic mass is 35.5. The number of tetrazole rings is 1. The van der Waals surface area contributed by atoms with Crippen LogP contribution < -0.4 is 5.56 Å². The SMILES string of the molecule is O=C(O)CSc1ccc(-c2cnc([C@@H]3CCc4cc(-c5cc(Cl)ccc5-n5cnnn5)cc(=O)n43)[nH]2)cc1. The standard InChI is InChI=1S/C26H20ClN7O3S/c27-17-3-7-22(33-14-29-31-32-33)20(11-17)16-9-18-4-8-23(34(18)24(35)10-16)26-28-12-21(30-26)15-1-5-19(6-2-15)38-13-25(36)37/h1-3,5-7,9-12,14,23H,4,8,13H2,(H,28,30)(H,36,37)/t23-/m0/s1. The van der Waals surface area contributed by atoms with Crippen molar-refractivity contribution in [2.24, 2.45) is 0 Å². The van der Waals surface area contributed by atoms with Gasteiger partial charge in [0.2, 0.25) is 0 Å². The summed E-state index contributed by atoms with van der Waals surface area (Å²) in [7, 11) is 0. The van der Waals surface area contributed by atoms with Crippen molar-refractivity contribution < 1.29 is 9.90 Å². The summed E-state index contributed by atoms with van der Waals surface area (Å²) in [4.78, 5) is 33.0. The molecule has 5 aromatic rings. The highest BCUT2D eigenvalue weighted by Crippen LogP contribution is 2.34. The van der Waals surface area contributed by atoms with E-state index in [2.05, 4.69) is 25.5 Å². The van der Waals surface area contributed by atoms with Crippen LogP contribution in [0.1, 0.15) is 24.0 Å². The zero-order chi connectivity index (χ0) is 26.2. The number of aryl methyl sites for hydroxylation is 1. The van der Waals surface area contributed by atoms with Crippen LogP contribution in [0, 0.1) is 0 Å². The molecule has 1 aliphatic heterocycles. The average Bonchev–Trinajstić information content (AvgIpc) is 3.68. The van der Waals surface area contributed by atoms with Gasteiger partial charge in [-0.05, 0) is 70.8 Å². The molecule has 0 saturated carbocycles. The first-order valence-corrected chi connectivity index (χ1v) is 13.1. The highest BCUT2D eigenvalue weighted by molar-refractivity contribution is 8.00. The minimum Gasteiger partial charge on any atom is -0.481 e. The van der Waals surface area contributed by atoms with E-state index in [1.54, 1.807) is 33.6 Å². The number of thioether (sulfide) groups is 1. The third-order valence-corrected chi connectivity index (χ3v) is 7.67. The Morgan fingerprint density at radius 1 is 1.13 bits per heavy atom. The number of carbonyl (C=O) groups is 1. The van der Waals surface area contributed by atoms with Gasteiger partial charge in [-0.25, -0.2) is 4.98 Å². The number of fused-ring (bicyclic) bond motifs is 1. The van der Waals surface area contributed by atoms with E-state index in [1.165, 1.54) is 18.1 Å². The summed E-state index contributed by atoms with van der Waals surface area (Å²) in [6, 6.07) is 16.4. The van der Waals surface area contributed by atoms with Gasteiger partial charge in [0.25, 0.3) is 5.56 Å². The van der Waals surface area contributed by atoms with Gasteiger partial charge in [-0.1, -0.05) is 23.7 Å². The molecule has 4 heterocycles. The number of carboxylic acid groups (broad SMARTS) is 1. The monoisotopic (exact) mass is 545 g/mol. The number of aromatic amines is 1. The quantitative estimate of drug-likeness (QED) is 0.290. The third kappa shape index (κ3) is 4.61. The largest absolute Gasteiger partial charge is 0.481 e. The number of aromatic nitrogens is 7. The summed E-state index contributed by atoms with van der Waals surface area (Å²) in [6.07, 6.45) is 4.72. The minimum absolute atomic E-state index is 0.0153. The van der Waals surface area contributed by atoms with E-state index in [1.807, 2.05) is 36.4 Å². The van der Waals surface area contributed by atoms with Crippen LogP contribution in [0.5, 0.6) is 0 Å². The third-order valence-electron chi connectivity index (χ3n) is 6.44. The normalized spacial score (nSPS) is 14.5. The first-order chi connectivity index (χ1) is 18.5. The van der Waals surface area contributed by atoms with Crippen molar-refractivity contribution in [3.8, 4) is 28.1 Å². The first-order valence-electron chi connectivity index (χ1n) is 11.7. The van der Waals surface area contributed by atoms with E-state index in [0.717, 1.165) is 57.3 Å². The number of H-pyrrole nitrogens is 1. The van der Waals surface area contributed by atoms with Crippen LogP contribution in [0.3, 0.4) is 0 Å². The summed E-state index contributed by atoms with van der Waals surface area (Å²) < 4.78 is 3.33. The van der Waals surface area contributed by atoms with Crippen molar-refractivity contribution in [1.82, 2.24) is 34.7 Å². The number of pyridine rings is 1. The molecule has 6 rings (SSSR count). The van der Waals surface area contributed by atoms with Crippen LogP contribution in [0.4, 0.5) is 0 Å². The molecular formula is C26H20ClN7O3S. The van der Waals surface area contributed by atoms with Crippen LogP contribution in [0.2, 0.25) is 5.02 Å². The lowest BCUT2D eigenvalue weighted by molar-refractivity contribution is -0.133. The highest BCUT2D eigenvalue weighted by Gasteiger charge is 2.28. The van der Waals surface area contributed by atoms with Crippen molar-refractivity contribution in [1.29, 1.82) is 0 Å². The average molecular weight is 546 g/mol. The number of benzene rings is 2. The Bertz CT molecular complexity index is 1700. The fourth-order valence-corrected chi connectivity index (χ4v) is 5.54. The number of hydrogen-bond acceptors (Lipinski definition) is 7. The molecule has 0 unspecified atom stereocenters. The van der Waals surface area contributed by atoms with Gasteiger partial charge < -0.3 is 14.7 Å². The summed E-state index contributed by atoms with van der Waals surface area (Å²) in [5.41, 5.74) is 4.79. The smallest absolute Gasteiger partial charge is 0.313 e. The molecule has 0 bridgehead atoms. The van der Waals surface area contributed by atoms with Crippen molar-refractivity contribution in [2.45, 2.75) is 23.8 Å². The van der Waals surface area contributed by atoms with Crippen molar-refractivity contribution in [3.63, 3.8) is 0 Å². The van der Waals surface area contributed by atoms with Crippen molar-refractivity contribution in [2.75, 3.05) is 5.75 Å². The van der Waals surface area contributed by atoms with Crippen molar-refractivity contribution >= 4 is 29.3 Å². The number of rotatable bonds is 7. The summed E-state index contributed by atoms with van der Waals surface area (Å²) in [5, 5.41) is 20.8. The molecule has 0 saturated heterocycles. The molecule has 0 fully saturated rings. The first kappa shape index (κ1) is 24.1. The summed E-state index contributed by atoms with van der Waals surface area (Å²) in [5.74, 6) is -0.117. The maximum Gasteiger partial charge on any atom is 0.313 e. The molecule has 3 aromatic heterocycles. The van der Waals surface area contributed by atoms with Gasteiger partial charge in [-0.15, -0.1) is 16.9 Å². The van der Waals surface area contributed by atoms with Crippen LogP contribution in [0.25, 0.3) is 28.1 Å². The summed E-state index contributed by atoms with van der Waals surface area (Å²) in [6.45, 7) is 0. The molecule has 2 N–H and O–H groups in total. The van der Waals surface area contributed by atoms with Crippen LogP contribution >= 0.6 is 23.4 Å². The molecule has 0 aliphatic carbocycles. The van der Waals surface area contributed by atoms with Crippen molar-refractivity contribution in [3.05, 3.63) is 94.0 Å². The fourth-order valence-electron chi connectivity index (χ4n) is 4.75. The number of nitrogens with one attached hydrogen (secondary N) is 1. The Balaban J connectivity index is 1.29. The topological polar surface area (TPSA) is 132 Å². The molecule has 2 aromatic carbocycles. The number of carboxylic acids is 1. The van der Waals surface area contributed by atoms with E-state index in [-0.39, 0.29) is 17.4 Å². The van der Waals surface area contributed by atoms with E-state index < -0.39 is 5.97 Å². The molecule has 1 aliphatic rings.